The number of nitrogens with one attached hydrogen (secondary N) is 1. The summed E-state index contributed by atoms with van der Waals surface area (Å²) in [6.45, 7) is 2.14. The standard InChI is InChI=1S/C20H20N2O2/c23-16-7-3-5-15(13-16)19(22-11-1-2-12-22)17-9-8-14-6-4-10-21-18(14)20(17)24/h3-10,13,19,23-24H,1-2,11-12H2/p+1/t19-/m1/s1. The number of phenolic OH excluding ortho intramolecular Hbond substituents is 2. The normalized spacial score (nSPS) is 16.5. The van der Waals surface area contributed by atoms with E-state index < -0.39 is 0 Å². The summed E-state index contributed by atoms with van der Waals surface area (Å²) in [5.41, 5.74) is 2.54. The van der Waals surface area contributed by atoms with Crippen molar-refractivity contribution >= 4 is 10.9 Å². The van der Waals surface area contributed by atoms with Crippen molar-refractivity contribution in [1.82, 2.24) is 4.98 Å². The molecule has 3 aromatic rings. The molecule has 1 aliphatic heterocycles. The van der Waals surface area contributed by atoms with Gasteiger partial charge in [-0.3, -0.25) is 4.98 Å². The van der Waals surface area contributed by atoms with Crippen LogP contribution in [0.4, 0.5) is 0 Å². The van der Waals surface area contributed by atoms with Crippen LogP contribution in [0.25, 0.3) is 10.9 Å². The van der Waals surface area contributed by atoms with Gasteiger partial charge in [0, 0.05) is 30.0 Å². The van der Waals surface area contributed by atoms with Crippen molar-refractivity contribution in [3.05, 3.63) is 65.9 Å². The average Bonchev–Trinajstić information content (AvgIpc) is 3.12. The van der Waals surface area contributed by atoms with Crippen LogP contribution in [-0.4, -0.2) is 28.3 Å². The molecule has 4 heteroatoms. The fourth-order valence-corrected chi connectivity index (χ4v) is 3.84. The summed E-state index contributed by atoms with van der Waals surface area (Å²) < 4.78 is 0. The molecule has 4 nitrogen and oxygen atoms in total. The van der Waals surface area contributed by atoms with E-state index in [2.05, 4.69) is 4.98 Å². The van der Waals surface area contributed by atoms with Gasteiger partial charge in [0.05, 0.1) is 18.7 Å². The minimum atomic E-state index is 0.00556. The van der Waals surface area contributed by atoms with Crippen LogP contribution in [0.5, 0.6) is 11.5 Å². The van der Waals surface area contributed by atoms with E-state index in [0.717, 1.165) is 29.6 Å². The number of hydrogen-bond donors (Lipinski definition) is 3. The Kier molecular flexibility index (Phi) is 3.82. The van der Waals surface area contributed by atoms with E-state index in [1.54, 1.807) is 18.3 Å². The number of hydrogen-bond acceptors (Lipinski definition) is 3. The summed E-state index contributed by atoms with van der Waals surface area (Å²) in [6, 6.07) is 15.2. The maximum Gasteiger partial charge on any atom is 0.151 e. The van der Waals surface area contributed by atoms with Gasteiger partial charge in [0.15, 0.2) is 5.75 Å². The zero-order valence-electron chi connectivity index (χ0n) is 13.4. The fourth-order valence-electron chi connectivity index (χ4n) is 3.84. The highest BCUT2D eigenvalue weighted by Gasteiger charge is 2.31. The van der Waals surface area contributed by atoms with Gasteiger partial charge in [0.25, 0.3) is 0 Å². The second-order valence-corrected chi connectivity index (χ2v) is 6.47. The van der Waals surface area contributed by atoms with Crippen molar-refractivity contribution in [2.24, 2.45) is 0 Å². The smallest absolute Gasteiger partial charge is 0.151 e. The number of quaternary nitrogens is 1. The minimum absolute atomic E-state index is 0.00556. The SMILES string of the molecule is Oc1cccc([C@H](c2ccc3cccnc3c2O)[NH+]2CCCC2)c1. The Morgan fingerprint density at radius 3 is 2.58 bits per heavy atom. The molecule has 2 aromatic carbocycles. The molecule has 122 valence electrons. The van der Waals surface area contributed by atoms with E-state index >= 15 is 0 Å². The molecule has 0 saturated carbocycles. The van der Waals surface area contributed by atoms with E-state index in [0.29, 0.717) is 5.52 Å². The monoisotopic (exact) mass is 321 g/mol. The first kappa shape index (κ1) is 15.0. The maximum atomic E-state index is 10.9. The number of phenols is 2. The summed E-state index contributed by atoms with van der Waals surface area (Å²) in [7, 11) is 0. The lowest BCUT2D eigenvalue weighted by molar-refractivity contribution is -0.913. The van der Waals surface area contributed by atoms with Crippen molar-refractivity contribution in [2.45, 2.75) is 18.9 Å². The topological polar surface area (TPSA) is 57.8 Å². The van der Waals surface area contributed by atoms with Gasteiger partial charge in [0.1, 0.15) is 17.3 Å². The van der Waals surface area contributed by atoms with Crippen molar-refractivity contribution < 1.29 is 15.1 Å². The zero-order chi connectivity index (χ0) is 16.5. The Labute approximate surface area is 141 Å². The van der Waals surface area contributed by atoms with E-state index in [9.17, 15) is 10.2 Å². The van der Waals surface area contributed by atoms with Gasteiger partial charge in [-0.15, -0.1) is 0 Å². The number of aromatic hydroxyl groups is 2. The number of nitrogens with zero attached hydrogens (tertiary/aromatic N) is 1. The molecule has 4 rings (SSSR count). The first-order valence-electron chi connectivity index (χ1n) is 8.44. The maximum absolute atomic E-state index is 10.9. The van der Waals surface area contributed by atoms with Crippen molar-refractivity contribution in [3.8, 4) is 11.5 Å². The van der Waals surface area contributed by atoms with Gasteiger partial charge < -0.3 is 15.1 Å². The lowest BCUT2D eigenvalue weighted by Gasteiger charge is -2.26. The van der Waals surface area contributed by atoms with Crippen LogP contribution in [0.1, 0.15) is 30.0 Å². The quantitative estimate of drug-likeness (QED) is 0.694. The lowest BCUT2D eigenvalue weighted by atomic mass is 9.95. The summed E-state index contributed by atoms with van der Waals surface area (Å²) in [6.07, 6.45) is 4.09. The van der Waals surface area contributed by atoms with Crippen molar-refractivity contribution in [1.29, 1.82) is 0 Å². The van der Waals surface area contributed by atoms with Crippen LogP contribution >= 0.6 is 0 Å². The molecule has 0 aliphatic carbocycles. The molecule has 1 fully saturated rings. The Hall–Kier alpha value is -2.59. The second-order valence-electron chi connectivity index (χ2n) is 6.47. The number of aromatic nitrogens is 1. The van der Waals surface area contributed by atoms with E-state index in [1.807, 2.05) is 36.4 Å². The zero-order valence-corrected chi connectivity index (χ0v) is 13.4. The molecule has 2 heterocycles. The van der Waals surface area contributed by atoms with Crippen molar-refractivity contribution in [2.75, 3.05) is 13.1 Å². The summed E-state index contributed by atoms with van der Waals surface area (Å²) in [4.78, 5) is 5.78. The molecule has 0 spiro atoms. The van der Waals surface area contributed by atoms with Crippen molar-refractivity contribution in [3.63, 3.8) is 0 Å². The highest BCUT2D eigenvalue weighted by Crippen LogP contribution is 2.34. The molecule has 24 heavy (non-hydrogen) atoms. The minimum Gasteiger partial charge on any atom is -0.508 e. The summed E-state index contributed by atoms with van der Waals surface area (Å²) >= 11 is 0. The van der Waals surface area contributed by atoms with E-state index in [4.69, 9.17) is 0 Å². The second kappa shape index (κ2) is 6.13. The van der Waals surface area contributed by atoms with Crippen LogP contribution in [-0.2, 0) is 0 Å². The highest BCUT2D eigenvalue weighted by atomic mass is 16.3. The molecular weight excluding hydrogens is 300 g/mol. The molecule has 3 N–H and O–H groups in total. The van der Waals surface area contributed by atoms with Crippen LogP contribution < -0.4 is 4.90 Å². The van der Waals surface area contributed by atoms with Gasteiger partial charge in [-0.2, -0.15) is 0 Å². The molecule has 1 atom stereocenters. The Balaban J connectivity index is 1.88. The first-order chi connectivity index (χ1) is 11.7. The molecule has 1 aromatic heterocycles. The number of pyridine rings is 1. The Morgan fingerprint density at radius 1 is 0.958 bits per heavy atom. The number of fused-ring (bicyclic) bond motifs is 1. The van der Waals surface area contributed by atoms with Gasteiger partial charge >= 0.3 is 0 Å². The lowest BCUT2D eigenvalue weighted by Crippen LogP contribution is -3.10. The molecule has 0 unspecified atom stereocenters. The van der Waals surface area contributed by atoms with Crippen LogP contribution in [0.2, 0.25) is 0 Å². The third-order valence-corrected chi connectivity index (χ3v) is 4.95. The largest absolute Gasteiger partial charge is 0.508 e. The number of rotatable bonds is 3. The Morgan fingerprint density at radius 2 is 1.79 bits per heavy atom. The van der Waals surface area contributed by atoms with Gasteiger partial charge in [-0.05, 0) is 24.3 Å². The summed E-state index contributed by atoms with van der Waals surface area (Å²) in [5.74, 6) is 0.510. The predicted molar refractivity (Wildman–Crippen MR) is 93.3 cm³/mol. The van der Waals surface area contributed by atoms with Gasteiger partial charge in [-0.25, -0.2) is 0 Å². The highest BCUT2D eigenvalue weighted by molar-refractivity contribution is 5.85. The third kappa shape index (κ3) is 2.59. The molecule has 0 bridgehead atoms. The molecule has 1 saturated heterocycles. The summed E-state index contributed by atoms with van der Waals surface area (Å²) in [5, 5.41) is 21.7. The predicted octanol–water partition coefficient (Wildman–Crippen LogP) is 2.41. The molecule has 1 aliphatic rings. The fraction of sp³-hybridized carbons (Fsp3) is 0.250. The van der Waals surface area contributed by atoms with Crippen LogP contribution in [0, 0.1) is 0 Å². The molecule has 0 amide bonds. The van der Waals surface area contributed by atoms with Crippen LogP contribution in [0.15, 0.2) is 54.7 Å². The molecular formula is C20H21N2O2+. The average molecular weight is 321 g/mol. The Bertz CT molecular complexity index is 872. The van der Waals surface area contributed by atoms with E-state index in [-0.39, 0.29) is 17.5 Å². The third-order valence-electron chi connectivity index (χ3n) is 4.95. The van der Waals surface area contributed by atoms with Gasteiger partial charge in [0.2, 0.25) is 0 Å². The number of benzene rings is 2. The number of likely N-dealkylation sites (tertiary alicyclic amines) is 1. The first-order valence-corrected chi connectivity index (χ1v) is 8.44. The van der Waals surface area contributed by atoms with Crippen LogP contribution in [0.3, 0.4) is 0 Å². The van der Waals surface area contributed by atoms with Gasteiger partial charge in [-0.1, -0.05) is 24.3 Å². The molecule has 0 radical (unpaired) electrons. The van der Waals surface area contributed by atoms with E-state index in [1.165, 1.54) is 17.7 Å².